The van der Waals surface area contributed by atoms with Gasteiger partial charge in [-0.1, -0.05) is 7.43 Å². The number of rotatable bonds is 1. The van der Waals surface area contributed by atoms with Crippen LogP contribution in [-0.2, 0) is 0 Å². The summed E-state index contributed by atoms with van der Waals surface area (Å²) in [7, 11) is 0. The van der Waals surface area contributed by atoms with Gasteiger partial charge in [-0.2, -0.15) is 0 Å². The maximum Gasteiger partial charge on any atom is 0.225 e. The van der Waals surface area contributed by atoms with Gasteiger partial charge in [0.15, 0.2) is 6.39 Å². The fourth-order valence-electron chi connectivity index (χ4n) is 1.56. The molecule has 0 saturated heterocycles. The van der Waals surface area contributed by atoms with E-state index in [9.17, 15) is 8.78 Å². The molecule has 0 saturated carbocycles. The van der Waals surface area contributed by atoms with Crippen molar-refractivity contribution in [1.29, 1.82) is 0 Å². The van der Waals surface area contributed by atoms with Crippen LogP contribution in [0.2, 0.25) is 0 Å². The molecule has 4 nitrogen and oxygen atoms in total. The summed E-state index contributed by atoms with van der Waals surface area (Å²) < 4.78 is 35.1. The van der Waals surface area contributed by atoms with Crippen LogP contribution in [0.3, 0.4) is 0 Å². The quantitative estimate of drug-likeness (QED) is 0.310. The fourth-order valence-corrected chi connectivity index (χ4v) is 1.92. The van der Waals surface area contributed by atoms with Crippen LogP contribution in [0.4, 0.5) is 8.78 Å². The minimum atomic E-state index is -0.259. The Kier molecular flexibility index (Phi) is 9.85. The van der Waals surface area contributed by atoms with Gasteiger partial charge in [-0.3, -0.25) is 0 Å². The minimum Gasteiger partial charge on any atom is -0.452 e. The molecule has 2 heterocycles. The van der Waals surface area contributed by atoms with Crippen molar-refractivity contribution in [1.82, 2.24) is 9.97 Å². The molecule has 0 fully saturated rings. The van der Waals surface area contributed by atoms with Crippen LogP contribution in [-0.4, -0.2) is 9.97 Å². The number of benzene rings is 2. The van der Waals surface area contributed by atoms with Crippen LogP contribution < -0.4 is 0 Å². The molecule has 2 aromatic carbocycles. The predicted octanol–water partition coefficient (Wildman–Crippen LogP) is 6.22. The first-order chi connectivity index (χ1) is 12.1. The summed E-state index contributed by atoms with van der Waals surface area (Å²) in [5, 5.41) is 0. The molecular formula is C19H17F2IN2O2. The zero-order valence-electron chi connectivity index (χ0n) is 12.9. The standard InChI is InChI=1S/C9H6FNO.C6H4FI.C3H3NO.CH4/c10-8-3-1-7(2-4-8)9-11-5-6-12-9;7-5-1-3-6(8)4-2-5;1-2-5-3-4-1;/h1-6H;1-4H;1-3H;1H4. The summed E-state index contributed by atoms with van der Waals surface area (Å²) in [6, 6.07) is 12.4. The van der Waals surface area contributed by atoms with E-state index in [0.29, 0.717) is 5.89 Å². The van der Waals surface area contributed by atoms with Gasteiger partial charge in [0.25, 0.3) is 0 Å². The molecule has 0 spiro atoms. The van der Waals surface area contributed by atoms with E-state index in [4.69, 9.17) is 4.42 Å². The first kappa shape index (κ1) is 21.5. The van der Waals surface area contributed by atoms with E-state index in [2.05, 4.69) is 37.0 Å². The first-order valence-corrected chi connectivity index (χ1v) is 8.11. The Morgan fingerprint density at radius 3 is 1.81 bits per heavy atom. The van der Waals surface area contributed by atoms with Gasteiger partial charge in [0.05, 0.1) is 12.4 Å². The van der Waals surface area contributed by atoms with Gasteiger partial charge in [0.1, 0.15) is 24.2 Å². The lowest BCUT2D eigenvalue weighted by Crippen LogP contribution is -1.77. The number of aromatic nitrogens is 2. The van der Waals surface area contributed by atoms with Crippen LogP contribution in [0.5, 0.6) is 0 Å². The molecule has 4 rings (SSSR count). The molecular weight excluding hydrogens is 453 g/mol. The van der Waals surface area contributed by atoms with Crippen molar-refractivity contribution in [3.8, 4) is 11.5 Å². The van der Waals surface area contributed by atoms with Gasteiger partial charge in [-0.05, 0) is 71.1 Å². The van der Waals surface area contributed by atoms with Gasteiger partial charge in [-0.25, -0.2) is 18.7 Å². The molecule has 0 aliphatic rings. The molecule has 136 valence electrons. The SMILES string of the molecule is C.Fc1ccc(-c2ncco2)cc1.Fc1ccc(I)cc1.c1cocn1. The van der Waals surface area contributed by atoms with E-state index in [1.165, 1.54) is 43.2 Å². The van der Waals surface area contributed by atoms with Crippen molar-refractivity contribution in [3.05, 3.63) is 95.0 Å². The van der Waals surface area contributed by atoms with E-state index >= 15 is 0 Å². The van der Waals surface area contributed by atoms with Gasteiger partial charge >= 0.3 is 0 Å². The summed E-state index contributed by atoms with van der Waals surface area (Å²) in [4.78, 5) is 7.48. The average molecular weight is 470 g/mol. The highest BCUT2D eigenvalue weighted by Gasteiger charge is 2.00. The van der Waals surface area contributed by atoms with E-state index in [1.807, 2.05) is 0 Å². The first-order valence-electron chi connectivity index (χ1n) is 7.04. The normalized spacial score (nSPS) is 9.04. The van der Waals surface area contributed by atoms with E-state index in [-0.39, 0.29) is 19.1 Å². The molecule has 7 heteroatoms. The number of hydrogen-bond donors (Lipinski definition) is 0. The summed E-state index contributed by atoms with van der Waals surface area (Å²) in [6.45, 7) is 0. The third-order valence-electron chi connectivity index (χ3n) is 2.67. The molecule has 0 aliphatic carbocycles. The molecule has 4 aromatic rings. The van der Waals surface area contributed by atoms with Crippen LogP contribution >= 0.6 is 22.6 Å². The monoisotopic (exact) mass is 470 g/mol. The summed E-state index contributed by atoms with van der Waals surface area (Å²) in [5.41, 5.74) is 0.779. The van der Waals surface area contributed by atoms with E-state index in [0.717, 1.165) is 9.13 Å². The van der Waals surface area contributed by atoms with Gasteiger partial charge < -0.3 is 8.83 Å². The number of oxazole rings is 2. The van der Waals surface area contributed by atoms with Gasteiger partial charge in [-0.15, -0.1) is 0 Å². The fraction of sp³-hybridized carbons (Fsp3) is 0.0526. The molecule has 0 bridgehead atoms. The average Bonchev–Trinajstić information content (AvgIpc) is 3.35. The van der Waals surface area contributed by atoms with Crippen LogP contribution in [0.25, 0.3) is 11.5 Å². The summed E-state index contributed by atoms with van der Waals surface area (Å²) in [6.07, 6.45) is 7.51. The lowest BCUT2D eigenvalue weighted by atomic mass is 10.2. The lowest BCUT2D eigenvalue weighted by molar-refractivity contribution is 0.558. The molecule has 0 atom stereocenters. The maximum atomic E-state index is 12.5. The Balaban J connectivity index is 0.000000209. The van der Waals surface area contributed by atoms with Gasteiger partial charge in [0, 0.05) is 9.13 Å². The van der Waals surface area contributed by atoms with Crippen LogP contribution in [0.1, 0.15) is 7.43 Å². The highest BCUT2D eigenvalue weighted by atomic mass is 127. The molecule has 0 unspecified atom stereocenters. The van der Waals surface area contributed by atoms with Crippen molar-refractivity contribution in [3.63, 3.8) is 0 Å². The minimum absolute atomic E-state index is 0. The number of nitrogens with zero attached hydrogens (tertiary/aromatic N) is 2. The van der Waals surface area contributed by atoms with Crippen LogP contribution in [0.15, 0.2) is 88.7 Å². The van der Waals surface area contributed by atoms with Gasteiger partial charge in [0.2, 0.25) is 5.89 Å². The smallest absolute Gasteiger partial charge is 0.225 e. The third kappa shape index (κ3) is 8.02. The summed E-state index contributed by atoms with van der Waals surface area (Å²) in [5.74, 6) is 0.0747. The van der Waals surface area contributed by atoms with Crippen molar-refractivity contribution in [2.45, 2.75) is 7.43 Å². The molecule has 0 radical (unpaired) electrons. The summed E-state index contributed by atoms with van der Waals surface area (Å²) >= 11 is 2.13. The van der Waals surface area contributed by atoms with E-state index in [1.54, 1.807) is 36.7 Å². The molecule has 2 aromatic heterocycles. The van der Waals surface area contributed by atoms with Crippen molar-refractivity contribution < 1.29 is 17.6 Å². The Morgan fingerprint density at radius 2 is 1.42 bits per heavy atom. The van der Waals surface area contributed by atoms with Crippen molar-refractivity contribution in [2.24, 2.45) is 0 Å². The van der Waals surface area contributed by atoms with Crippen molar-refractivity contribution in [2.75, 3.05) is 0 Å². The molecule has 26 heavy (non-hydrogen) atoms. The zero-order chi connectivity index (χ0) is 17.9. The topological polar surface area (TPSA) is 52.1 Å². The Bertz CT molecular complexity index is 781. The van der Waals surface area contributed by atoms with Crippen molar-refractivity contribution >= 4 is 22.6 Å². The predicted molar refractivity (Wildman–Crippen MR) is 104 cm³/mol. The highest BCUT2D eigenvalue weighted by Crippen LogP contribution is 2.16. The maximum absolute atomic E-state index is 12.5. The van der Waals surface area contributed by atoms with Crippen LogP contribution in [0, 0.1) is 15.2 Å². The second-order valence-electron chi connectivity index (χ2n) is 4.46. The Hall–Kier alpha value is -2.55. The van der Waals surface area contributed by atoms with E-state index < -0.39 is 0 Å². The zero-order valence-corrected chi connectivity index (χ0v) is 15.0. The number of halogens is 3. The third-order valence-corrected chi connectivity index (χ3v) is 3.39. The molecule has 0 N–H and O–H groups in total. The Morgan fingerprint density at radius 1 is 0.808 bits per heavy atom. The second-order valence-corrected chi connectivity index (χ2v) is 5.70. The molecule has 0 amide bonds. The largest absolute Gasteiger partial charge is 0.452 e. The number of hydrogen-bond acceptors (Lipinski definition) is 4. The second kappa shape index (κ2) is 11.9. The highest BCUT2D eigenvalue weighted by molar-refractivity contribution is 14.1. The Labute approximate surface area is 164 Å². The lowest BCUT2D eigenvalue weighted by Gasteiger charge is -1.93. The molecule has 0 aliphatic heterocycles.